The smallest absolute Gasteiger partial charge is 0.134 e. The molecule has 0 N–H and O–H groups in total. The molecule has 0 aliphatic heterocycles. The molecule has 0 spiro atoms. The normalized spacial score (nSPS) is 10.4. The van der Waals surface area contributed by atoms with Gasteiger partial charge >= 0.3 is 0 Å². The quantitative estimate of drug-likeness (QED) is 0.739. The van der Waals surface area contributed by atoms with Gasteiger partial charge in [0.15, 0.2) is 0 Å². The second kappa shape index (κ2) is 3.96. The van der Waals surface area contributed by atoms with E-state index in [0.29, 0.717) is 5.33 Å². The molecule has 0 aliphatic rings. The van der Waals surface area contributed by atoms with Gasteiger partial charge in [-0.3, -0.25) is 0 Å². The van der Waals surface area contributed by atoms with Crippen LogP contribution in [0.2, 0.25) is 0 Å². The molecule has 0 saturated heterocycles. The fraction of sp³-hybridized carbons (Fsp3) is 0.0909. The van der Waals surface area contributed by atoms with Crippen LogP contribution in [0.25, 0.3) is 11.3 Å². The second-order valence-electron chi connectivity index (χ2n) is 2.91. The van der Waals surface area contributed by atoms with E-state index < -0.39 is 0 Å². The molecule has 0 fully saturated rings. The molecule has 72 valence electrons. The van der Waals surface area contributed by atoms with Crippen LogP contribution in [0.5, 0.6) is 0 Å². The van der Waals surface area contributed by atoms with Crippen LogP contribution in [0.15, 0.2) is 40.8 Å². The molecule has 14 heavy (non-hydrogen) atoms. The number of rotatable bonds is 2. The Balaban J connectivity index is 2.34. The summed E-state index contributed by atoms with van der Waals surface area (Å²) in [6.45, 7) is 0. The summed E-state index contributed by atoms with van der Waals surface area (Å²) in [6.07, 6.45) is 0. The fourth-order valence-corrected chi connectivity index (χ4v) is 1.52. The van der Waals surface area contributed by atoms with E-state index >= 15 is 0 Å². The minimum absolute atomic E-state index is 0.235. The molecule has 0 aliphatic carbocycles. The molecule has 1 heterocycles. The lowest BCUT2D eigenvalue weighted by molar-refractivity contribution is 0.545. The lowest BCUT2D eigenvalue weighted by atomic mass is 10.2. The molecule has 0 bridgehead atoms. The Morgan fingerprint density at radius 2 is 1.79 bits per heavy atom. The van der Waals surface area contributed by atoms with Crippen molar-refractivity contribution in [3.8, 4) is 11.3 Å². The molecule has 0 radical (unpaired) electrons. The summed E-state index contributed by atoms with van der Waals surface area (Å²) >= 11 is 3.30. The Hall–Kier alpha value is -1.09. The Morgan fingerprint density at radius 1 is 1.07 bits per heavy atom. The van der Waals surface area contributed by atoms with Crippen LogP contribution >= 0.6 is 15.9 Å². The molecule has 0 unspecified atom stereocenters. The van der Waals surface area contributed by atoms with Crippen LogP contribution < -0.4 is 0 Å². The Kier molecular flexibility index (Phi) is 2.68. The predicted octanol–water partition coefficient (Wildman–Crippen LogP) is 3.98. The third kappa shape index (κ3) is 1.87. The summed E-state index contributed by atoms with van der Waals surface area (Å²) in [4.78, 5) is 0. The molecule has 0 saturated carbocycles. The van der Waals surface area contributed by atoms with Crippen molar-refractivity contribution in [3.05, 3.63) is 48.0 Å². The van der Waals surface area contributed by atoms with Crippen molar-refractivity contribution in [3.63, 3.8) is 0 Å². The van der Waals surface area contributed by atoms with Gasteiger partial charge in [0.2, 0.25) is 0 Å². The van der Waals surface area contributed by atoms with E-state index in [-0.39, 0.29) is 5.82 Å². The van der Waals surface area contributed by atoms with Crippen LogP contribution in [0.4, 0.5) is 4.39 Å². The molecule has 1 aromatic carbocycles. The van der Waals surface area contributed by atoms with Crippen LogP contribution in [0, 0.1) is 5.82 Å². The monoisotopic (exact) mass is 254 g/mol. The van der Waals surface area contributed by atoms with Gasteiger partial charge in [-0.05, 0) is 36.4 Å². The van der Waals surface area contributed by atoms with E-state index in [9.17, 15) is 4.39 Å². The van der Waals surface area contributed by atoms with Gasteiger partial charge in [0.05, 0.1) is 5.33 Å². The second-order valence-corrected chi connectivity index (χ2v) is 3.47. The van der Waals surface area contributed by atoms with Gasteiger partial charge in [-0.15, -0.1) is 0 Å². The molecular weight excluding hydrogens is 247 g/mol. The number of alkyl halides is 1. The number of furan rings is 1. The summed E-state index contributed by atoms with van der Waals surface area (Å²) in [5, 5.41) is 0.689. The van der Waals surface area contributed by atoms with Crippen LogP contribution in [-0.2, 0) is 5.33 Å². The Labute approximate surface area is 89.7 Å². The minimum atomic E-state index is -0.235. The topological polar surface area (TPSA) is 13.1 Å². The summed E-state index contributed by atoms with van der Waals surface area (Å²) < 4.78 is 18.1. The molecular formula is C11H8BrFO. The first-order chi connectivity index (χ1) is 6.79. The zero-order chi connectivity index (χ0) is 9.97. The minimum Gasteiger partial charge on any atom is -0.460 e. The number of hydrogen-bond donors (Lipinski definition) is 0. The van der Waals surface area contributed by atoms with Crippen molar-refractivity contribution in [2.75, 3.05) is 0 Å². The zero-order valence-electron chi connectivity index (χ0n) is 7.34. The summed E-state index contributed by atoms with van der Waals surface area (Å²) in [7, 11) is 0. The largest absolute Gasteiger partial charge is 0.460 e. The van der Waals surface area contributed by atoms with Gasteiger partial charge in [-0.25, -0.2) is 4.39 Å². The number of hydrogen-bond acceptors (Lipinski definition) is 1. The van der Waals surface area contributed by atoms with Gasteiger partial charge in [-0.2, -0.15) is 0 Å². The maximum atomic E-state index is 12.6. The van der Waals surface area contributed by atoms with Gasteiger partial charge in [0, 0.05) is 5.56 Å². The van der Waals surface area contributed by atoms with Gasteiger partial charge < -0.3 is 4.42 Å². The van der Waals surface area contributed by atoms with Crippen molar-refractivity contribution in [2.24, 2.45) is 0 Å². The highest BCUT2D eigenvalue weighted by atomic mass is 79.9. The van der Waals surface area contributed by atoms with E-state index in [1.807, 2.05) is 12.1 Å². The Morgan fingerprint density at radius 3 is 2.36 bits per heavy atom. The van der Waals surface area contributed by atoms with Crippen molar-refractivity contribution in [1.82, 2.24) is 0 Å². The van der Waals surface area contributed by atoms with Crippen LogP contribution in [0.1, 0.15) is 5.76 Å². The number of halogens is 2. The first kappa shape index (κ1) is 9.46. The highest BCUT2D eigenvalue weighted by Gasteiger charge is 2.03. The van der Waals surface area contributed by atoms with Crippen LogP contribution in [-0.4, -0.2) is 0 Å². The molecule has 1 aromatic heterocycles. The van der Waals surface area contributed by atoms with E-state index in [0.717, 1.165) is 17.1 Å². The summed E-state index contributed by atoms with van der Waals surface area (Å²) in [5.41, 5.74) is 0.888. The standard InChI is InChI=1S/C11H8BrFO/c12-7-10-5-6-11(14-10)8-1-3-9(13)4-2-8/h1-6H,7H2. The molecule has 0 amide bonds. The van der Waals surface area contributed by atoms with E-state index in [1.165, 1.54) is 12.1 Å². The summed E-state index contributed by atoms with van der Waals surface area (Å²) in [5.74, 6) is 1.39. The maximum absolute atomic E-state index is 12.6. The lowest BCUT2D eigenvalue weighted by Gasteiger charge is -1.95. The lowest BCUT2D eigenvalue weighted by Crippen LogP contribution is -1.75. The van der Waals surface area contributed by atoms with Gasteiger partial charge in [-0.1, -0.05) is 15.9 Å². The first-order valence-electron chi connectivity index (χ1n) is 4.20. The van der Waals surface area contributed by atoms with Crippen molar-refractivity contribution in [2.45, 2.75) is 5.33 Å². The average Bonchev–Trinajstić information content (AvgIpc) is 2.67. The highest BCUT2D eigenvalue weighted by Crippen LogP contribution is 2.23. The fourth-order valence-electron chi connectivity index (χ4n) is 1.22. The van der Waals surface area contributed by atoms with Gasteiger partial charge in [0.1, 0.15) is 17.3 Å². The Bertz CT molecular complexity index is 419. The number of benzene rings is 1. The van der Waals surface area contributed by atoms with Crippen molar-refractivity contribution in [1.29, 1.82) is 0 Å². The van der Waals surface area contributed by atoms with Gasteiger partial charge in [0.25, 0.3) is 0 Å². The maximum Gasteiger partial charge on any atom is 0.134 e. The van der Waals surface area contributed by atoms with E-state index in [4.69, 9.17) is 4.42 Å². The zero-order valence-corrected chi connectivity index (χ0v) is 8.92. The molecule has 2 rings (SSSR count). The third-order valence-corrected chi connectivity index (χ3v) is 2.47. The summed E-state index contributed by atoms with van der Waals surface area (Å²) in [6, 6.07) is 10.0. The van der Waals surface area contributed by atoms with Crippen molar-refractivity contribution >= 4 is 15.9 Å². The van der Waals surface area contributed by atoms with Crippen molar-refractivity contribution < 1.29 is 8.81 Å². The van der Waals surface area contributed by atoms with E-state index in [1.54, 1.807) is 12.1 Å². The average molecular weight is 255 g/mol. The van der Waals surface area contributed by atoms with E-state index in [2.05, 4.69) is 15.9 Å². The molecule has 0 atom stereocenters. The van der Waals surface area contributed by atoms with Crippen LogP contribution in [0.3, 0.4) is 0 Å². The molecule has 1 nitrogen and oxygen atoms in total. The predicted molar refractivity (Wildman–Crippen MR) is 56.7 cm³/mol. The highest BCUT2D eigenvalue weighted by molar-refractivity contribution is 9.08. The molecule has 2 aromatic rings. The SMILES string of the molecule is Fc1ccc(-c2ccc(CBr)o2)cc1. The third-order valence-electron chi connectivity index (χ3n) is 1.92. The molecule has 3 heteroatoms. The first-order valence-corrected chi connectivity index (χ1v) is 5.32.